The van der Waals surface area contributed by atoms with Crippen molar-refractivity contribution in [3.63, 3.8) is 0 Å². The van der Waals surface area contributed by atoms with Crippen molar-refractivity contribution in [2.45, 2.75) is 31.5 Å². The van der Waals surface area contributed by atoms with Gasteiger partial charge in [0.05, 0.1) is 5.56 Å². The van der Waals surface area contributed by atoms with Gasteiger partial charge in [0, 0.05) is 5.56 Å². The van der Waals surface area contributed by atoms with Gasteiger partial charge in [0.25, 0.3) is 5.91 Å². The molecule has 0 aliphatic heterocycles. The van der Waals surface area contributed by atoms with Crippen molar-refractivity contribution in [3.05, 3.63) is 35.4 Å². The predicted molar refractivity (Wildman–Crippen MR) is 67.7 cm³/mol. The molecule has 1 aliphatic carbocycles. The van der Waals surface area contributed by atoms with Crippen molar-refractivity contribution in [2.24, 2.45) is 5.92 Å². The lowest BCUT2D eigenvalue weighted by molar-refractivity contribution is -0.139. The first kappa shape index (κ1) is 15.3. The van der Waals surface area contributed by atoms with Gasteiger partial charge in [0.2, 0.25) is 0 Å². The third kappa shape index (κ3) is 4.21. The molecule has 4 nitrogen and oxygen atoms in total. The molecule has 2 N–H and O–H groups in total. The topological polar surface area (TPSA) is 66.4 Å². The van der Waals surface area contributed by atoms with Crippen LogP contribution in [-0.2, 0) is 11.0 Å². The van der Waals surface area contributed by atoms with Gasteiger partial charge in [-0.3, -0.25) is 4.79 Å². The third-order valence-corrected chi connectivity index (χ3v) is 3.34. The van der Waals surface area contributed by atoms with Gasteiger partial charge >= 0.3 is 12.1 Å². The quantitative estimate of drug-likeness (QED) is 0.878. The Labute approximate surface area is 119 Å². The van der Waals surface area contributed by atoms with Crippen LogP contribution >= 0.6 is 0 Å². The van der Waals surface area contributed by atoms with Gasteiger partial charge in [-0.1, -0.05) is 12.8 Å². The highest BCUT2D eigenvalue weighted by Gasteiger charge is 2.32. The number of aliphatic carboxylic acids is 1. The van der Waals surface area contributed by atoms with Crippen molar-refractivity contribution >= 4 is 11.9 Å². The molecular weight excluding hydrogens is 287 g/mol. The van der Waals surface area contributed by atoms with Gasteiger partial charge in [-0.15, -0.1) is 0 Å². The van der Waals surface area contributed by atoms with Gasteiger partial charge in [0.15, 0.2) is 0 Å². The number of halogens is 3. The lowest BCUT2D eigenvalue weighted by Gasteiger charge is -2.14. The van der Waals surface area contributed by atoms with E-state index in [2.05, 4.69) is 5.32 Å². The molecule has 1 saturated carbocycles. The number of carboxylic acid groups (broad SMARTS) is 1. The Morgan fingerprint density at radius 1 is 1.24 bits per heavy atom. The molecular formula is C14H14F3NO3. The molecule has 0 radical (unpaired) electrons. The van der Waals surface area contributed by atoms with Crippen molar-refractivity contribution in [1.82, 2.24) is 5.32 Å². The molecule has 0 bridgehead atoms. The molecule has 1 amide bonds. The summed E-state index contributed by atoms with van der Waals surface area (Å²) in [5.41, 5.74) is -0.850. The van der Waals surface area contributed by atoms with E-state index in [0.717, 1.165) is 37.1 Å². The third-order valence-electron chi connectivity index (χ3n) is 3.34. The highest BCUT2D eigenvalue weighted by molar-refractivity contribution is 5.96. The molecule has 1 aromatic carbocycles. The fraction of sp³-hybridized carbons (Fsp3) is 0.429. The first-order chi connectivity index (χ1) is 9.77. The van der Waals surface area contributed by atoms with Crippen LogP contribution in [0.4, 0.5) is 13.2 Å². The average Bonchev–Trinajstić information content (AvgIpc) is 3.21. The van der Waals surface area contributed by atoms with E-state index < -0.39 is 29.7 Å². The second-order valence-corrected chi connectivity index (χ2v) is 5.12. The lowest BCUT2D eigenvalue weighted by atomic mass is 10.1. The summed E-state index contributed by atoms with van der Waals surface area (Å²) in [5, 5.41) is 11.4. The second-order valence-electron chi connectivity index (χ2n) is 5.12. The maximum Gasteiger partial charge on any atom is 0.416 e. The summed E-state index contributed by atoms with van der Waals surface area (Å²) < 4.78 is 37.2. The van der Waals surface area contributed by atoms with E-state index in [1.165, 1.54) is 0 Å². The van der Waals surface area contributed by atoms with Crippen molar-refractivity contribution in [1.29, 1.82) is 0 Å². The van der Waals surface area contributed by atoms with Crippen molar-refractivity contribution < 1.29 is 27.9 Å². The van der Waals surface area contributed by atoms with Crippen molar-refractivity contribution in [3.8, 4) is 0 Å². The summed E-state index contributed by atoms with van der Waals surface area (Å²) >= 11 is 0. The molecule has 0 unspecified atom stereocenters. The monoisotopic (exact) mass is 301 g/mol. The molecule has 21 heavy (non-hydrogen) atoms. The fourth-order valence-corrected chi connectivity index (χ4v) is 1.96. The Morgan fingerprint density at radius 2 is 1.81 bits per heavy atom. The minimum absolute atomic E-state index is 0.00467. The van der Waals surface area contributed by atoms with Crippen LogP contribution in [0.3, 0.4) is 0 Å². The molecule has 7 heteroatoms. The van der Waals surface area contributed by atoms with Crippen LogP contribution in [0, 0.1) is 5.92 Å². The van der Waals surface area contributed by atoms with E-state index in [1.807, 2.05) is 0 Å². The Hall–Kier alpha value is -2.05. The normalized spacial score (nSPS) is 16.3. The molecule has 2 rings (SSSR count). The SMILES string of the molecule is O=C(N[C@@H](CC1CC1)C(=O)O)c1ccc(C(F)(F)F)cc1. The van der Waals surface area contributed by atoms with E-state index in [-0.39, 0.29) is 5.56 Å². The number of alkyl halides is 3. The summed E-state index contributed by atoms with van der Waals surface area (Å²) in [6, 6.07) is 2.66. The molecule has 1 atom stereocenters. The van der Waals surface area contributed by atoms with E-state index in [4.69, 9.17) is 5.11 Å². The number of benzene rings is 1. The zero-order valence-electron chi connectivity index (χ0n) is 11.0. The van der Waals surface area contributed by atoms with E-state index >= 15 is 0 Å². The number of amides is 1. The largest absolute Gasteiger partial charge is 0.480 e. The average molecular weight is 301 g/mol. The van der Waals surface area contributed by atoms with Gasteiger partial charge in [-0.05, 0) is 36.6 Å². The zero-order chi connectivity index (χ0) is 15.6. The van der Waals surface area contributed by atoms with Crippen LogP contribution in [0.5, 0.6) is 0 Å². The highest BCUT2D eigenvalue weighted by atomic mass is 19.4. The molecule has 0 heterocycles. The smallest absolute Gasteiger partial charge is 0.416 e. The van der Waals surface area contributed by atoms with Crippen molar-refractivity contribution in [2.75, 3.05) is 0 Å². The number of carbonyl (C=O) groups excluding carboxylic acids is 1. The number of carboxylic acids is 1. The second kappa shape index (κ2) is 5.75. The molecule has 0 spiro atoms. The van der Waals surface area contributed by atoms with Crippen LogP contribution in [0.1, 0.15) is 35.2 Å². The molecule has 1 fully saturated rings. The summed E-state index contributed by atoms with van der Waals surface area (Å²) in [6.45, 7) is 0. The Morgan fingerprint density at radius 3 is 2.24 bits per heavy atom. The Bertz CT molecular complexity index is 535. The summed E-state index contributed by atoms with van der Waals surface area (Å²) in [5.74, 6) is -1.52. The van der Waals surface area contributed by atoms with Crippen LogP contribution in [0.25, 0.3) is 0 Å². The Kier molecular flexibility index (Phi) is 4.20. The zero-order valence-corrected chi connectivity index (χ0v) is 11.0. The molecule has 0 saturated heterocycles. The predicted octanol–water partition coefficient (Wildman–Crippen LogP) is 2.69. The van der Waals surface area contributed by atoms with E-state index in [9.17, 15) is 22.8 Å². The van der Waals surface area contributed by atoms with Gasteiger partial charge < -0.3 is 10.4 Å². The first-order valence-corrected chi connectivity index (χ1v) is 6.48. The molecule has 114 valence electrons. The van der Waals surface area contributed by atoms with Crippen LogP contribution in [-0.4, -0.2) is 23.0 Å². The fourth-order valence-electron chi connectivity index (χ4n) is 1.96. The standard InChI is InChI=1S/C14H14F3NO3/c15-14(16,17)10-5-3-9(4-6-10)12(19)18-11(13(20)21)7-8-1-2-8/h3-6,8,11H,1-2,7H2,(H,18,19)(H,20,21)/t11-/m0/s1. The van der Waals surface area contributed by atoms with Gasteiger partial charge in [0.1, 0.15) is 6.04 Å². The molecule has 1 aliphatic rings. The first-order valence-electron chi connectivity index (χ1n) is 6.48. The minimum Gasteiger partial charge on any atom is -0.480 e. The summed E-state index contributed by atoms with van der Waals surface area (Å²) in [4.78, 5) is 22.9. The summed E-state index contributed by atoms with van der Waals surface area (Å²) in [6.07, 6.45) is -2.23. The van der Waals surface area contributed by atoms with Crippen LogP contribution in [0.2, 0.25) is 0 Å². The van der Waals surface area contributed by atoms with E-state index in [0.29, 0.717) is 12.3 Å². The number of nitrogens with one attached hydrogen (secondary N) is 1. The van der Waals surface area contributed by atoms with E-state index in [1.54, 1.807) is 0 Å². The van der Waals surface area contributed by atoms with Crippen LogP contribution in [0.15, 0.2) is 24.3 Å². The summed E-state index contributed by atoms with van der Waals surface area (Å²) in [7, 11) is 0. The van der Waals surface area contributed by atoms with Crippen LogP contribution < -0.4 is 5.32 Å². The molecule has 1 aromatic rings. The number of carbonyl (C=O) groups is 2. The maximum absolute atomic E-state index is 12.4. The lowest BCUT2D eigenvalue weighted by Crippen LogP contribution is -2.41. The minimum atomic E-state index is -4.47. The number of hydrogen-bond donors (Lipinski definition) is 2. The Balaban J connectivity index is 2.03. The number of rotatable bonds is 5. The maximum atomic E-state index is 12.4. The number of hydrogen-bond acceptors (Lipinski definition) is 2. The molecule has 0 aromatic heterocycles. The van der Waals surface area contributed by atoms with Gasteiger partial charge in [-0.25, -0.2) is 4.79 Å². The highest BCUT2D eigenvalue weighted by Crippen LogP contribution is 2.33. The van der Waals surface area contributed by atoms with Gasteiger partial charge in [-0.2, -0.15) is 13.2 Å².